The summed E-state index contributed by atoms with van der Waals surface area (Å²) in [6, 6.07) is 6.91. The number of halogens is 1. The number of carbonyl (C=O) groups excluding carboxylic acids is 3. The summed E-state index contributed by atoms with van der Waals surface area (Å²) in [4.78, 5) is 34.3. The van der Waals surface area contributed by atoms with E-state index in [4.69, 9.17) is 11.6 Å². The highest BCUT2D eigenvalue weighted by atomic mass is 35.5. The highest BCUT2D eigenvalue weighted by Gasteiger charge is 2.27. The van der Waals surface area contributed by atoms with Crippen molar-refractivity contribution < 1.29 is 14.4 Å². The highest BCUT2D eigenvalue weighted by molar-refractivity contribution is 6.30. The Morgan fingerprint density at radius 1 is 1.29 bits per heavy atom. The van der Waals surface area contributed by atoms with Crippen molar-refractivity contribution in [2.75, 3.05) is 0 Å². The van der Waals surface area contributed by atoms with Crippen LogP contribution in [0.2, 0.25) is 5.02 Å². The number of carbonyl (C=O) groups is 3. The summed E-state index contributed by atoms with van der Waals surface area (Å²) in [5.41, 5.74) is 1.12. The molecule has 1 unspecified atom stereocenters. The van der Waals surface area contributed by atoms with Gasteiger partial charge < -0.3 is 5.32 Å². The molecule has 1 aliphatic heterocycles. The summed E-state index contributed by atoms with van der Waals surface area (Å²) in [5.74, 6) is -0.871. The maximum Gasteiger partial charge on any atom is 0.249 e. The Hall–Kier alpha value is -1.88. The molecule has 2 N–H and O–H groups in total. The molecule has 3 amide bonds. The van der Waals surface area contributed by atoms with Crippen LogP contribution in [0.25, 0.3) is 0 Å². The van der Waals surface area contributed by atoms with E-state index in [9.17, 15) is 14.4 Å². The maximum absolute atomic E-state index is 11.8. The van der Waals surface area contributed by atoms with Gasteiger partial charge in [0, 0.05) is 17.9 Å². The zero-order chi connectivity index (χ0) is 15.2. The van der Waals surface area contributed by atoms with E-state index in [1.54, 1.807) is 0 Å². The number of rotatable bonds is 5. The lowest BCUT2D eigenvalue weighted by Crippen LogP contribution is -2.52. The third-order valence-electron chi connectivity index (χ3n) is 3.36. The molecule has 21 heavy (non-hydrogen) atoms. The quantitative estimate of drug-likeness (QED) is 0.811. The van der Waals surface area contributed by atoms with Crippen molar-refractivity contribution in [1.82, 2.24) is 10.6 Å². The Labute approximate surface area is 128 Å². The van der Waals surface area contributed by atoms with Crippen LogP contribution >= 0.6 is 11.6 Å². The number of aryl methyl sites for hydroxylation is 1. The van der Waals surface area contributed by atoms with Crippen LogP contribution in [-0.2, 0) is 20.8 Å². The van der Waals surface area contributed by atoms with E-state index < -0.39 is 11.9 Å². The molecule has 5 nitrogen and oxygen atoms in total. The Balaban J connectivity index is 1.71. The number of benzene rings is 1. The zero-order valence-electron chi connectivity index (χ0n) is 11.5. The molecule has 1 heterocycles. The average molecular weight is 309 g/mol. The number of piperidine rings is 1. The molecule has 0 aliphatic carbocycles. The topological polar surface area (TPSA) is 75.3 Å². The summed E-state index contributed by atoms with van der Waals surface area (Å²) in [5, 5.41) is 5.57. The third kappa shape index (κ3) is 4.86. The molecule has 1 fully saturated rings. The second-order valence-electron chi connectivity index (χ2n) is 5.05. The van der Waals surface area contributed by atoms with Crippen molar-refractivity contribution in [2.45, 2.75) is 38.1 Å². The molecule has 0 radical (unpaired) electrons. The SMILES string of the molecule is O=C1CCC(NC(=O)CCCc2ccc(Cl)cc2)C(=O)N1. The van der Waals surface area contributed by atoms with Crippen molar-refractivity contribution in [1.29, 1.82) is 0 Å². The van der Waals surface area contributed by atoms with Crippen LogP contribution in [0.1, 0.15) is 31.2 Å². The molecule has 6 heteroatoms. The number of hydrogen-bond acceptors (Lipinski definition) is 3. The minimum atomic E-state index is -0.592. The van der Waals surface area contributed by atoms with Crippen molar-refractivity contribution in [3.8, 4) is 0 Å². The Morgan fingerprint density at radius 3 is 2.67 bits per heavy atom. The highest BCUT2D eigenvalue weighted by Crippen LogP contribution is 2.12. The van der Waals surface area contributed by atoms with E-state index in [0.717, 1.165) is 12.0 Å². The Bertz CT molecular complexity index is 542. The van der Waals surface area contributed by atoms with Gasteiger partial charge in [-0.15, -0.1) is 0 Å². The second-order valence-corrected chi connectivity index (χ2v) is 5.49. The minimum Gasteiger partial charge on any atom is -0.344 e. The molecule has 1 aliphatic rings. The molecule has 0 bridgehead atoms. The van der Waals surface area contributed by atoms with Gasteiger partial charge in [0.2, 0.25) is 17.7 Å². The van der Waals surface area contributed by atoms with E-state index in [1.807, 2.05) is 24.3 Å². The van der Waals surface area contributed by atoms with E-state index >= 15 is 0 Å². The van der Waals surface area contributed by atoms with Gasteiger partial charge in [-0.25, -0.2) is 0 Å². The van der Waals surface area contributed by atoms with Gasteiger partial charge in [0.25, 0.3) is 0 Å². The molecular weight excluding hydrogens is 292 g/mol. The van der Waals surface area contributed by atoms with E-state index in [0.29, 0.717) is 24.3 Å². The van der Waals surface area contributed by atoms with E-state index in [-0.39, 0.29) is 18.2 Å². The molecule has 1 saturated heterocycles. The van der Waals surface area contributed by atoms with Gasteiger partial charge in [-0.2, -0.15) is 0 Å². The summed E-state index contributed by atoms with van der Waals surface area (Å²) in [6.07, 6.45) is 2.45. The first-order valence-electron chi connectivity index (χ1n) is 6.92. The fraction of sp³-hybridized carbons (Fsp3) is 0.400. The van der Waals surface area contributed by atoms with E-state index in [1.165, 1.54) is 0 Å². The zero-order valence-corrected chi connectivity index (χ0v) is 12.3. The molecule has 0 spiro atoms. The van der Waals surface area contributed by atoms with Crippen LogP contribution in [-0.4, -0.2) is 23.8 Å². The fourth-order valence-electron chi connectivity index (χ4n) is 2.20. The summed E-state index contributed by atoms with van der Waals surface area (Å²) >= 11 is 5.80. The van der Waals surface area contributed by atoms with Crippen LogP contribution in [0.15, 0.2) is 24.3 Å². The van der Waals surface area contributed by atoms with Crippen molar-refractivity contribution in [3.05, 3.63) is 34.9 Å². The molecule has 2 rings (SSSR count). The Kier molecular flexibility index (Phi) is 5.33. The van der Waals surface area contributed by atoms with Gasteiger partial charge in [0.15, 0.2) is 0 Å². The normalized spacial score (nSPS) is 18.2. The number of imide groups is 1. The summed E-state index contributed by atoms with van der Waals surface area (Å²) in [7, 11) is 0. The first kappa shape index (κ1) is 15.5. The van der Waals surface area contributed by atoms with Crippen LogP contribution < -0.4 is 10.6 Å². The van der Waals surface area contributed by atoms with Crippen LogP contribution in [0.5, 0.6) is 0 Å². The van der Waals surface area contributed by atoms with E-state index in [2.05, 4.69) is 10.6 Å². The third-order valence-corrected chi connectivity index (χ3v) is 3.61. The lowest BCUT2D eigenvalue weighted by Gasteiger charge is -2.21. The average Bonchev–Trinajstić information content (AvgIpc) is 2.44. The van der Waals surface area contributed by atoms with Crippen molar-refractivity contribution in [2.24, 2.45) is 0 Å². The number of hydrogen-bond donors (Lipinski definition) is 2. The van der Waals surface area contributed by atoms with Gasteiger partial charge in [0.05, 0.1) is 0 Å². The maximum atomic E-state index is 11.8. The predicted molar refractivity (Wildman–Crippen MR) is 78.7 cm³/mol. The van der Waals surface area contributed by atoms with Gasteiger partial charge >= 0.3 is 0 Å². The molecule has 112 valence electrons. The molecular formula is C15H17ClN2O3. The fourth-order valence-corrected chi connectivity index (χ4v) is 2.33. The largest absolute Gasteiger partial charge is 0.344 e. The van der Waals surface area contributed by atoms with Crippen molar-refractivity contribution in [3.63, 3.8) is 0 Å². The molecule has 0 aromatic heterocycles. The lowest BCUT2D eigenvalue weighted by molar-refractivity contribution is -0.137. The van der Waals surface area contributed by atoms with Crippen LogP contribution in [0.3, 0.4) is 0 Å². The molecule has 1 aromatic carbocycles. The monoisotopic (exact) mass is 308 g/mol. The van der Waals surface area contributed by atoms with Gasteiger partial charge in [-0.3, -0.25) is 19.7 Å². The summed E-state index contributed by atoms with van der Waals surface area (Å²) < 4.78 is 0. The first-order valence-corrected chi connectivity index (χ1v) is 7.30. The minimum absolute atomic E-state index is 0.168. The van der Waals surface area contributed by atoms with Crippen LogP contribution in [0, 0.1) is 0 Å². The first-order chi connectivity index (χ1) is 10.0. The standard InChI is InChI=1S/C15H17ClN2O3/c16-11-6-4-10(5-7-11)2-1-3-13(19)17-12-8-9-14(20)18-15(12)21/h4-7,12H,1-3,8-9H2,(H,17,19)(H,18,20,21). The lowest BCUT2D eigenvalue weighted by atomic mass is 10.1. The van der Waals surface area contributed by atoms with Crippen molar-refractivity contribution >= 4 is 29.3 Å². The van der Waals surface area contributed by atoms with Gasteiger partial charge in [-0.1, -0.05) is 23.7 Å². The van der Waals surface area contributed by atoms with Gasteiger partial charge in [-0.05, 0) is 37.0 Å². The predicted octanol–water partition coefficient (Wildman–Crippen LogP) is 1.58. The Morgan fingerprint density at radius 2 is 2.00 bits per heavy atom. The number of nitrogens with one attached hydrogen (secondary N) is 2. The molecule has 0 saturated carbocycles. The summed E-state index contributed by atoms with van der Waals surface area (Å²) in [6.45, 7) is 0. The number of amides is 3. The smallest absolute Gasteiger partial charge is 0.249 e. The van der Waals surface area contributed by atoms with Crippen LogP contribution in [0.4, 0.5) is 0 Å². The van der Waals surface area contributed by atoms with Gasteiger partial charge in [0.1, 0.15) is 6.04 Å². The molecule has 1 aromatic rings. The molecule has 1 atom stereocenters. The second kappa shape index (κ2) is 7.22.